The van der Waals surface area contributed by atoms with Crippen LogP contribution in [0.2, 0.25) is 0 Å². The van der Waals surface area contributed by atoms with Crippen molar-refractivity contribution < 1.29 is 0 Å². The zero-order valence-electron chi connectivity index (χ0n) is 7.33. The maximum atomic E-state index is 5.34. The highest BCUT2D eigenvalue weighted by Crippen LogP contribution is 2.14. The van der Waals surface area contributed by atoms with Crippen molar-refractivity contribution in [1.82, 2.24) is 10.3 Å². The summed E-state index contributed by atoms with van der Waals surface area (Å²) in [4.78, 5) is 4.03. The van der Waals surface area contributed by atoms with Gasteiger partial charge >= 0.3 is 0 Å². The minimum atomic E-state index is 0.254. The van der Waals surface area contributed by atoms with E-state index in [0.717, 1.165) is 11.1 Å². The van der Waals surface area contributed by atoms with Crippen molar-refractivity contribution in [2.45, 2.75) is 13.0 Å². The van der Waals surface area contributed by atoms with Gasteiger partial charge in [0.1, 0.15) is 0 Å². The van der Waals surface area contributed by atoms with E-state index < -0.39 is 0 Å². The van der Waals surface area contributed by atoms with Crippen LogP contribution in [0.3, 0.4) is 0 Å². The Morgan fingerprint density at radius 2 is 2.42 bits per heavy atom. The molecule has 0 spiro atoms. The molecule has 2 heteroatoms. The molecule has 0 amide bonds. The van der Waals surface area contributed by atoms with Crippen LogP contribution in [0.15, 0.2) is 18.5 Å². The molecule has 0 aromatic carbocycles. The molecule has 0 saturated carbocycles. The normalized spacial score (nSPS) is 12.1. The van der Waals surface area contributed by atoms with Gasteiger partial charge in [-0.1, -0.05) is 5.92 Å². The quantitative estimate of drug-likeness (QED) is 0.660. The largest absolute Gasteiger partial charge is 0.313 e. The molecule has 0 radical (unpaired) electrons. The van der Waals surface area contributed by atoms with Gasteiger partial charge in [0.25, 0.3) is 0 Å². The van der Waals surface area contributed by atoms with Crippen LogP contribution in [-0.2, 0) is 0 Å². The van der Waals surface area contributed by atoms with E-state index in [9.17, 15) is 0 Å². The molecule has 1 N–H and O–H groups in total. The fourth-order valence-electron chi connectivity index (χ4n) is 1.04. The molecule has 62 valence electrons. The summed E-state index contributed by atoms with van der Waals surface area (Å²) in [6.07, 6.45) is 8.85. The number of hydrogen-bond donors (Lipinski definition) is 1. The number of terminal acetylenes is 1. The number of pyridine rings is 1. The second kappa shape index (κ2) is 3.89. The fourth-order valence-corrected chi connectivity index (χ4v) is 1.04. The van der Waals surface area contributed by atoms with Gasteiger partial charge in [-0.05, 0) is 20.0 Å². The summed E-state index contributed by atoms with van der Waals surface area (Å²) in [6.45, 7) is 2.05. The van der Waals surface area contributed by atoms with Crippen LogP contribution in [0.5, 0.6) is 0 Å². The van der Waals surface area contributed by atoms with Crippen molar-refractivity contribution in [3.05, 3.63) is 29.6 Å². The van der Waals surface area contributed by atoms with Crippen LogP contribution < -0.4 is 5.32 Å². The first kappa shape index (κ1) is 8.76. The molecule has 12 heavy (non-hydrogen) atoms. The Hall–Kier alpha value is -1.33. The molecule has 1 aromatic rings. The van der Waals surface area contributed by atoms with E-state index in [2.05, 4.69) is 23.1 Å². The van der Waals surface area contributed by atoms with Crippen molar-refractivity contribution in [3.63, 3.8) is 0 Å². The minimum Gasteiger partial charge on any atom is -0.313 e. The van der Waals surface area contributed by atoms with Crippen molar-refractivity contribution in [2.24, 2.45) is 0 Å². The summed E-state index contributed by atoms with van der Waals surface area (Å²) in [5, 5.41) is 3.12. The first-order valence-corrected chi connectivity index (χ1v) is 3.87. The SMILES string of the molecule is C#Cc1ccncc1[C@H](C)NC. The van der Waals surface area contributed by atoms with Crippen molar-refractivity contribution in [3.8, 4) is 12.3 Å². The van der Waals surface area contributed by atoms with Crippen LogP contribution in [0, 0.1) is 12.3 Å². The first-order chi connectivity index (χ1) is 5.79. The number of nitrogens with one attached hydrogen (secondary N) is 1. The molecule has 0 aliphatic heterocycles. The molecule has 0 saturated heterocycles. The fraction of sp³-hybridized carbons (Fsp3) is 0.300. The molecular weight excluding hydrogens is 148 g/mol. The highest BCUT2D eigenvalue weighted by Gasteiger charge is 2.05. The van der Waals surface area contributed by atoms with Crippen LogP contribution >= 0.6 is 0 Å². The van der Waals surface area contributed by atoms with Crippen molar-refractivity contribution >= 4 is 0 Å². The third-order valence-corrected chi connectivity index (χ3v) is 1.91. The molecule has 0 bridgehead atoms. The highest BCUT2D eigenvalue weighted by atomic mass is 14.9. The summed E-state index contributed by atoms with van der Waals surface area (Å²) in [5.41, 5.74) is 1.98. The zero-order valence-corrected chi connectivity index (χ0v) is 7.33. The second-order valence-electron chi connectivity index (χ2n) is 2.62. The van der Waals surface area contributed by atoms with Crippen molar-refractivity contribution in [1.29, 1.82) is 0 Å². The first-order valence-electron chi connectivity index (χ1n) is 3.87. The molecule has 0 unspecified atom stereocenters. The average Bonchev–Trinajstić information content (AvgIpc) is 2.16. The van der Waals surface area contributed by atoms with Gasteiger partial charge in [-0.2, -0.15) is 0 Å². The Morgan fingerprint density at radius 3 is 3.00 bits per heavy atom. The Labute approximate surface area is 73.0 Å². The molecule has 1 heterocycles. The average molecular weight is 160 g/mol. The lowest BCUT2D eigenvalue weighted by atomic mass is 10.1. The summed E-state index contributed by atoms with van der Waals surface area (Å²) in [5.74, 6) is 2.63. The predicted octanol–water partition coefficient (Wildman–Crippen LogP) is 1.34. The zero-order chi connectivity index (χ0) is 8.97. The second-order valence-corrected chi connectivity index (χ2v) is 2.62. The summed E-state index contributed by atoms with van der Waals surface area (Å²) in [6, 6.07) is 2.10. The molecule has 1 aromatic heterocycles. The lowest BCUT2D eigenvalue weighted by Gasteiger charge is -2.11. The smallest absolute Gasteiger partial charge is 0.0328 e. The number of aromatic nitrogens is 1. The predicted molar refractivity (Wildman–Crippen MR) is 49.6 cm³/mol. The lowest BCUT2D eigenvalue weighted by molar-refractivity contribution is 0.648. The van der Waals surface area contributed by atoms with E-state index in [1.54, 1.807) is 12.4 Å². The van der Waals surface area contributed by atoms with Crippen LogP contribution in [0.1, 0.15) is 24.1 Å². The molecule has 1 rings (SSSR count). The molecule has 0 aliphatic carbocycles. The van der Waals surface area contributed by atoms with Gasteiger partial charge < -0.3 is 5.32 Å². The molecule has 1 atom stereocenters. The van der Waals surface area contributed by atoms with Gasteiger partial charge in [0.15, 0.2) is 0 Å². The maximum absolute atomic E-state index is 5.34. The van der Waals surface area contributed by atoms with E-state index in [4.69, 9.17) is 6.42 Å². The van der Waals surface area contributed by atoms with Gasteiger partial charge in [0, 0.05) is 29.6 Å². The Kier molecular flexibility index (Phi) is 2.84. The molecule has 0 fully saturated rings. The topological polar surface area (TPSA) is 24.9 Å². The van der Waals surface area contributed by atoms with Gasteiger partial charge in [0.05, 0.1) is 0 Å². The van der Waals surface area contributed by atoms with Gasteiger partial charge in [-0.3, -0.25) is 4.98 Å². The van der Waals surface area contributed by atoms with Crippen LogP contribution in [-0.4, -0.2) is 12.0 Å². The Bertz CT molecular complexity index is 299. The molecular formula is C10H12N2. The monoisotopic (exact) mass is 160 g/mol. The highest BCUT2D eigenvalue weighted by molar-refractivity contribution is 5.39. The van der Waals surface area contributed by atoms with Gasteiger partial charge in [0.2, 0.25) is 0 Å². The summed E-state index contributed by atoms with van der Waals surface area (Å²) in [7, 11) is 1.90. The number of nitrogens with zero attached hydrogens (tertiary/aromatic N) is 1. The van der Waals surface area contributed by atoms with E-state index in [1.165, 1.54) is 0 Å². The third-order valence-electron chi connectivity index (χ3n) is 1.91. The summed E-state index contributed by atoms with van der Waals surface area (Å²) >= 11 is 0. The molecule has 0 aliphatic rings. The van der Waals surface area contributed by atoms with E-state index >= 15 is 0 Å². The van der Waals surface area contributed by atoms with E-state index in [0.29, 0.717) is 0 Å². The Morgan fingerprint density at radius 1 is 1.67 bits per heavy atom. The van der Waals surface area contributed by atoms with Gasteiger partial charge in [-0.25, -0.2) is 0 Å². The Balaban J connectivity index is 3.07. The minimum absolute atomic E-state index is 0.254. The van der Waals surface area contributed by atoms with Crippen molar-refractivity contribution in [2.75, 3.05) is 7.05 Å². The standard InChI is InChI=1S/C10H12N2/c1-4-9-5-6-12-7-10(9)8(2)11-3/h1,5-8,11H,2-3H3/t8-/m0/s1. The molecule has 2 nitrogen and oxygen atoms in total. The third kappa shape index (κ3) is 1.63. The number of rotatable bonds is 2. The summed E-state index contributed by atoms with van der Waals surface area (Å²) < 4.78 is 0. The van der Waals surface area contributed by atoms with Crippen LogP contribution in [0.4, 0.5) is 0 Å². The van der Waals surface area contributed by atoms with E-state index in [1.807, 2.05) is 13.1 Å². The van der Waals surface area contributed by atoms with E-state index in [-0.39, 0.29) is 6.04 Å². The maximum Gasteiger partial charge on any atom is 0.0328 e. The van der Waals surface area contributed by atoms with Crippen LogP contribution in [0.25, 0.3) is 0 Å². The lowest BCUT2D eigenvalue weighted by Crippen LogP contribution is -2.13. The van der Waals surface area contributed by atoms with Gasteiger partial charge in [-0.15, -0.1) is 6.42 Å². The number of hydrogen-bond acceptors (Lipinski definition) is 2.